The highest BCUT2D eigenvalue weighted by Crippen LogP contribution is 2.35. The van der Waals surface area contributed by atoms with Crippen LogP contribution in [0.3, 0.4) is 0 Å². The number of nitrogens with zero attached hydrogens (tertiary/aromatic N) is 1. The van der Waals surface area contributed by atoms with Crippen molar-refractivity contribution >= 4 is 50.1 Å². The SMILES string of the molecule is CSc1cccc(NS(=O)(=O)c2cc(-c3nc(C)cs3)sc2C)c1. The van der Waals surface area contributed by atoms with Gasteiger partial charge in [-0.1, -0.05) is 6.07 Å². The quantitative estimate of drug-likeness (QED) is 0.616. The minimum atomic E-state index is -3.62. The molecule has 0 atom stereocenters. The second-order valence-electron chi connectivity index (χ2n) is 5.16. The standard InChI is InChI=1S/C16H16N2O2S4/c1-10-9-22-16(17-10)14-8-15(11(2)23-14)24(19,20)18-12-5-4-6-13(7-12)21-3/h4-9,18H,1-3H3. The Kier molecular flexibility index (Phi) is 5.00. The Labute approximate surface area is 154 Å². The third-order valence-electron chi connectivity index (χ3n) is 3.31. The van der Waals surface area contributed by atoms with E-state index >= 15 is 0 Å². The van der Waals surface area contributed by atoms with Gasteiger partial charge in [0, 0.05) is 26.5 Å². The molecule has 0 amide bonds. The van der Waals surface area contributed by atoms with E-state index in [9.17, 15) is 8.42 Å². The highest BCUT2D eigenvalue weighted by Gasteiger charge is 2.21. The van der Waals surface area contributed by atoms with Crippen LogP contribution in [0.15, 0.2) is 45.5 Å². The van der Waals surface area contributed by atoms with Crippen molar-refractivity contribution in [3.05, 3.63) is 46.3 Å². The smallest absolute Gasteiger partial charge is 0.263 e. The lowest BCUT2D eigenvalue weighted by atomic mass is 10.3. The molecule has 0 aliphatic heterocycles. The molecule has 4 nitrogen and oxygen atoms in total. The zero-order chi connectivity index (χ0) is 17.3. The molecule has 3 aromatic rings. The lowest BCUT2D eigenvalue weighted by Crippen LogP contribution is -2.13. The number of thiazole rings is 1. The van der Waals surface area contributed by atoms with Crippen molar-refractivity contribution < 1.29 is 8.42 Å². The van der Waals surface area contributed by atoms with Crippen LogP contribution in [0.25, 0.3) is 9.88 Å². The molecule has 0 unspecified atom stereocenters. The first-order valence-corrected chi connectivity index (χ1v) is 11.5. The second-order valence-corrected chi connectivity index (χ2v) is 9.81. The fraction of sp³-hybridized carbons (Fsp3) is 0.188. The molecule has 8 heteroatoms. The van der Waals surface area contributed by atoms with Gasteiger partial charge in [0.1, 0.15) is 9.90 Å². The van der Waals surface area contributed by atoms with Crippen LogP contribution < -0.4 is 4.72 Å². The van der Waals surface area contributed by atoms with Crippen LogP contribution in [0.1, 0.15) is 10.6 Å². The van der Waals surface area contributed by atoms with E-state index in [1.165, 1.54) is 22.7 Å². The molecule has 0 fully saturated rings. The third-order valence-corrected chi connectivity index (χ3v) is 7.86. The van der Waals surface area contributed by atoms with Gasteiger partial charge >= 0.3 is 0 Å². The maximum atomic E-state index is 12.7. The first-order valence-electron chi connectivity index (χ1n) is 7.09. The summed E-state index contributed by atoms with van der Waals surface area (Å²) in [6.07, 6.45) is 1.96. The van der Waals surface area contributed by atoms with Gasteiger partial charge in [0.25, 0.3) is 10.0 Å². The van der Waals surface area contributed by atoms with E-state index in [0.29, 0.717) is 10.6 Å². The molecule has 2 aromatic heterocycles. The zero-order valence-corrected chi connectivity index (χ0v) is 16.6. The number of benzene rings is 1. The normalized spacial score (nSPS) is 11.6. The molecule has 0 saturated carbocycles. The summed E-state index contributed by atoms with van der Waals surface area (Å²) in [6, 6.07) is 9.08. The monoisotopic (exact) mass is 396 g/mol. The molecule has 1 aromatic carbocycles. The Hall–Kier alpha value is -1.35. The molecule has 1 N–H and O–H groups in total. The van der Waals surface area contributed by atoms with Crippen molar-refractivity contribution in [3.63, 3.8) is 0 Å². The van der Waals surface area contributed by atoms with E-state index < -0.39 is 10.0 Å². The molecular weight excluding hydrogens is 380 g/mol. The average Bonchev–Trinajstić information content (AvgIpc) is 3.13. The number of rotatable bonds is 5. The van der Waals surface area contributed by atoms with E-state index in [0.717, 1.165) is 25.4 Å². The van der Waals surface area contributed by atoms with Crippen molar-refractivity contribution in [1.82, 2.24) is 4.98 Å². The van der Waals surface area contributed by atoms with Gasteiger partial charge in [0.15, 0.2) is 0 Å². The van der Waals surface area contributed by atoms with Gasteiger partial charge in [-0.3, -0.25) is 4.72 Å². The summed E-state index contributed by atoms with van der Waals surface area (Å²) < 4.78 is 28.2. The number of thiophene rings is 1. The van der Waals surface area contributed by atoms with E-state index in [1.54, 1.807) is 23.9 Å². The van der Waals surface area contributed by atoms with Gasteiger partial charge in [-0.15, -0.1) is 34.4 Å². The average molecular weight is 397 g/mol. The predicted molar refractivity (Wildman–Crippen MR) is 104 cm³/mol. The van der Waals surface area contributed by atoms with Crippen LogP contribution in [0.2, 0.25) is 0 Å². The highest BCUT2D eigenvalue weighted by molar-refractivity contribution is 7.98. The Bertz CT molecular complexity index is 974. The fourth-order valence-electron chi connectivity index (χ4n) is 2.20. The van der Waals surface area contributed by atoms with E-state index in [-0.39, 0.29) is 0 Å². The largest absolute Gasteiger partial charge is 0.280 e. The zero-order valence-electron chi connectivity index (χ0n) is 13.4. The van der Waals surface area contributed by atoms with Crippen molar-refractivity contribution in [2.45, 2.75) is 23.6 Å². The van der Waals surface area contributed by atoms with Crippen LogP contribution in [0.4, 0.5) is 5.69 Å². The maximum Gasteiger partial charge on any atom is 0.263 e. The summed E-state index contributed by atoms with van der Waals surface area (Å²) in [4.78, 5) is 7.39. The number of nitrogens with one attached hydrogen (secondary N) is 1. The summed E-state index contributed by atoms with van der Waals surface area (Å²) in [5.41, 5.74) is 1.51. The predicted octanol–water partition coefficient (Wildman–Crippen LogP) is 5.01. The summed E-state index contributed by atoms with van der Waals surface area (Å²) in [5, 5.41) is 2.82. The lowest BCUT2D eigenvalue weighted by molar-refractivity contribution is 0.601. The third kappa shape index (κ3) is 3.66. The first kappa shape index (κ1) is 17.5. The fourth-order valence-corrected chi connectivity index (χ4v) is 6.16. The van der Waals surface area contributed by atoms with Crippen LogP contribution in [0, 0.1) is 13.8 Å². The van der Waals surface area contributed by atoms with E-state index in [2.05, 4.69) is 9.71 Å². The van der Waals surface area contributed by atoms with Crippen LogP contribution in [-0.2, 0) is 10.0 Å². The highest BCUT2D eigenvalue weighted by atomic mass is 32.2. The summed E-state index contributed by atoms with van der Waals surface area (Å²) in [6.45, 7) is 3.75. The number of aromatic nitrogens is 1. The molecule has 0 saturated heterocycles. The molecule has 0 spiro atoms. The Balaban J connectivity index is 1.93. The van der Waals surface area contributed by atoms with Gasteiger partial charge in [-0.05, 0) is 44.4 Å². The number of hydrogen-bond donors (Lipinski definition) is 1. The van der Waals surface area contributed by atoms with Crippen molar-refractivity contribution in [3.8, 4) is 9.88 Å². The van der Waals surface area contributed by atoms with Crippen LogP contribution in [0.5, 0.6) is 0 Å². The van der Waals surface area contributed by atoms with Crippen LogP contribution in [-0.4, -0.2) is 19.7 Å². The van der Waals surface area contributed by atoms with Crippen LogP contribution >= 0.6 is 34.4 Å². The van der Waals surface area contributed by atoms with Gasteiger partial charge in [0.2, 0.25) is 0 Å². The maximum absolute atomic E-state index is 12.7. The molecule has 0 bridgehead atoms. The molecule has 0 aliphatic carbocycles. The second kappa shape index (κ2) is 6.87. The number of hydrogen-bond acceptors (Lipinski definition) is 6. The minimum absolute atomic E-state index is 0.310. The van der Waals surface area contributed by atoms with E-state index in [4.69, 9.17) is 0 Å². The summed E-state index contributed by atoms with van der Waals surface area (Å²) in [7, 11) is -3.62. The van der Waals surface area contributed by atoms with Crippen molar-refractivity contribution in [2.75, 3.05) is 11.0 Å². The topological polar surface area (TPSA) is 59.1 Å². The molecule has 126 valence electrons. The number of anilines is 1. The number of sulfonamides is 1. The molecule has 24 heavy (non-hydrogen) atoms. The van der Waals surface area contributed by atoms with Crippen molar-refractivity contribution in [1.29, 1.82) is 0 Å². The Morgan fingerprint density at radius 1 is 1.21 bits per heavy atom. The van der Waals surface area contributed by atoms with Gasteiger partial charge in [-0.25, -0.2) is 13.4 Å². The Morgan fingerprint density at radius 2 is 2.00 bits per heavy atom. The molecule has 0 aliphatic rings. The van der Waals surface area contributed by atoms with E-state index in [1.807, 2.05) is 43.7 Å². The summed E-state index contributed by atoms with van der Waals surface area (Å²) >= 11 is 4.55. The molecular formula is C16H16N2O2S4. The lowest BCUT2D eigenvalue weighted by Gasteiger charge is -2.08. The van der Waals surface area contributed by atoms with Crippen molar-refractivity contribution in [2.24, 2.45) is 0 Å². The minimum Gasteiger partial charge on any atom is -0.280 e. The molecule has 0 radical (unpaired) electrons. The number of aryl methyl sites for hydroxylation is 2. The Morgan fingerprint density at radius 3 is 2.67 bits per heavy atom. The first-order chi connectivity index (χ1) is 11.4. The summed E-state index contributed by atoms with van der Waals surface area (Å²) in [5.74, 6) is 0. The van der Waals surface area contributed by atoms with Gasteiger partial charge in [0.05, 0.1) is 4.88 Å². The van der Waals surface area contributed by atoms with Gasteiger partial charge < -0.3 is 0 Å². The molecule has 3 rings (SSSR count). The number of thioether (sulfide) groups is 1. The molecule has 2 heterocycles. The van der Waals surface area contributed by atoms with Gasteiger partial charge in [-0.2, -0.15) is 0 Å².